The predicted octanol–water partition coefficient (Wildman–Crippen LogP) is 3.30. The number of anilines is 4. The number of carbonyl (C=O) groups is 2. The van der Waals surface area contributed by atoms with Gasteiger partial charge < -0.3 is 33.9 Å². The van der Waals surface area contributed by atoms with E-state index in [0.717, 1.165) is 126 Å². The number of methoxy groups -OCH3 is 1. The van der Waals surface area contributed by atoms with Gasteiger partial charge in [-0.2, -0.15) is 0 Å². The normalized spacial score (nSPS) is 15.7. The number of nitrogens with zero attached hydrogens (tertiary/aromatic N) is 12. The van der Waals surface area contributed by atoms with Gasteiger partial charge in [-0.15, -0.1) is 0 Å². The van der Waals surface area contributed by atoms with Crippen LogP contribution < -0.4 is 44.9 Å². The molecule has 0 atom stereocenters. The summed E-state index contributed by atoms with van der Waals surface area (Å²) < 4.78 is 19.2. The van der Waals surface area contributed by atoms with Crippen molar-refractivity contribution in [1.29, 1.82) is 0 Å². The number of aryl methyl sites for hydroxylation is 6. The maximum atomic E-state index is 12.8. The number of rotatable bonds is 8. The van der Waals surface area contributed by atoms with Crippen LogP contribution in [0.2, 0.25) is 0 Å². The summed E-state index contributed by atoms with van der Waals surface area (Å²) in [5.41, 5.74) is 11.8. The number of hydrogen-bond donors (Lipinski definition) is 0. The Kier molecular flexibility index (Phi) is 15.6. The molecule has 0 unspecified atom stereocenters. The van der Waals surface area contributed by atoms with Crippen molar-refractivity contribution >= 4 is 56.8 Å². The summed E-state index contributed by atoms with van der Waals surface area (Å²) in [6, 6.07) is 14.7. The summed E-state index contributed by atoms with van der Waals surface area (Å²) >= 11 is 0. The van der Waals surface area contributed by atoms with E-state index in [1.165, 1.54) is 19.4 Å². The average Bonchev–Trinajstić information content (AvgIpc) is 3.66. The molecule has 21 heteroatoms. The molecule has 0 radical (unpaired) electrons. The molecule has 20 nitrogen and oxygen atoms in total. The second kappa shape index (κ2) is 22.7. The number of ether oxygens (including phenoxy) is 3. The largest absolute Gasteiger partial charge is 1.00 e. The number of fused-ring (bicyclic) bond motifs is 4. The molecule has 4 aliphatic heterocycles. The van der Waals surface area contributed by atoms with E-state index in [9.17, 15) is 24.3 Å². The van der Waals surface area contributed by atoms with Crippen LogP contribution in [0.4, 0.5) is 22.7 Å². The Bertz CT molecular complexity index is 3730. The summed E-state index contributed by atoms with van der Waals surface area (Å²) in [4.78, 5) is 90.1. The Morgan fingerprint density at radius 1 is 0.590 bits per heavy atom. The van der Waals surface area contributed by atoms with E-state index in [1.54, 1.807) is 47.6 Å². The van der Waals surface area contributed by atoms with Crippen molar-refractivity contribution in [2.24, 2.45) is 14.1 Å². The van der Waals surface area contributed by atoms with Crippen LogP contribution in [-0.2, 0) is 41.1 Å². The Morgan fingerprint density at radius 2 is 1.03 bits per heavy atom. The topological polar surface area (TPSA) is 238 Å². The number of carboxylic acids is 1. The molecule has 8 aromatic heterocycles. The summed E-state index contributed by atoms with van der Waals surface area (Å²) in [7, 11) is 4.90. The molecule has 0 N–H and O–H groups in total. The molecule has 0 spiro atoms. The second-order valence-electron chi connectivity index (χ2n) is 20.0. The third-order valence-corrected chi connectivity index (χ3v) is 15.1. The summed E-state index contributed by atoms with van der Waals surface area (Å²) in [6.45, 7) is 8.10. The van der Waals surface area contributed by atoms with E-state index < -0.39 is 11.9 Å². The van der Waals surface area contributed by atoms with Gasteiger partial charge in [0.15, 0.2) is 11.6 Å². The van der Waals surface area contributed by atoms with Crippen molar-refractivity contribution in [3.8, 4) is 22.8 Å². The number of carbonyl (C=O) groups excluding carboxylic acids is 2. The van der Waals surface area contributed by atoms with Crippen LogP contribution in [0.3, 0.4) is 0 Å². The predicted molar refractivity (Wildman–Crippen MR) is 286 cm³/mol. The van der Waals surface area contributed by atoms with Crippen molar-refractivity contribution in [3.63, 3.8) is 0 Å². The zero-order valence-electron chi connectivity index (χ0n) is 44.6. The third kappa shape index (κ3) is 10.4. The monoisotopic (exact) mass is 1040 g/mol. The minimum Gasteiger partial charge on any atom is -0.543 e. The SMILES string of the molecule is COC(=O)c1ccc(-c2ncc3c(n2)CCCN3c2cc(C3CCOCC3)nc3c2cc(C)c(=O)n3C)cn1.Cc1cc2c(N3CCCc4nc(-c5ccc(C(=O)[O-])nc5)ncc43)cc(C3CCOCC3)nc2n(C)c1=O.[Li+]. The van der Waals surface area contributed by atoms with Crippen LogP contribution in [0.25, 0.3) is 44.8 Å². The molecule has 4 aliphatic rings. The Labute approximate surface area is 461 Å². The molecular weight excluding hydrogens is 988 g/mol. The van der Waals surface area contributed by atoms with Crippen LogP contribution in [0, 0.1) is 13.8 Å². The molecule has 78 heavy (non-hydrogen) atoms. The van der Waals surface area contributed by atoms with Gasteiger partial charge in [0.1, 0.15) is 17.0 Å². The molecule has 8 aromatic rings. The fourth-order valence-electron chi connectivity index (χ4n) is 10.9. The molecule has 0 aliphatic carbocycles. The zero-order chi connectivity index (χ0) is 53.5. The van der Waals surface area contributed by atoms with Gasteiger partial charge in [-0.3, -0.25) is 23.7 Å². The fraction of sp³-hybridized carbons (Fsp3) is 0.368. The van der Waals surface area contributed by atoms with E-state index in [1.807, 2.05) is 38.4 Å². The summed E-state index contributed by atoms with van der Waals surface area (Å²) in [6.07, 6.45) is 13.8. The standard InChI is InChI=1S/C29H30N6O4.C28H28N6O4.Li/c1-17-13-20-24(14-23(18-8-11-39-12-9-18)33-27(20)34(2)28(17)36)35-10-4-5-21-25(35)16-31-26(32-21)19-6-7-22(30-15-19)29(37)38-3;1-16-12-19-23(13-22(17-7-10-38-11-8-17)32-26(19)33(2)27(16)35)34-9-3-4-20-24(34)15-30-25(31-20)18-5-6-21(28(36)37)29-14-18;/h6-7,13-16,18H,4-5,8-12H2,1-3H3;5-6,12-15,17H,3-4,7-11H2,1-2H3,(H,36,37);/q;;+1/p-1. The number of hydrogen-bond acceptors (Lipinski definition) is 18. The number of esters is 1. The van der Waals surface area contributed by atoms with Crippen LogP contribution in [0.1, 0.15) is 105 Å². The average molecular weight is 1050 g/mol. The number of aromatic nitrogens is 10. The first-order valence-corrected chi connectivity index (χ1v) is 26.0. The van der Waals surface area contributed by atoms with Gasteiger partial charge in [0.05, 0.1) is 65.3 Å². The molecule has 12 rings (SSSR count). The van der Waals surface area contributed by atoms with E-state index in [-0.39, 0.29) is 53.2 Å². The van der Waals surface area contributed by atoms with Crippen LogP contribution in [0.5, 0.6) is 0 Å². The maximum Gasteiger partial charge on any atom is 1.00 e. The first-order valence-electron chi connectivity index (χ1n) is 26.0. The maximum absolute atomic E-state index is 12.8. The van der Waals surface area contributed by atoms with Gasteiger partial charge in [0, 0.05) is 122 Å². The Hall–Kier alpha value is -7.76. The molecule has 0 amide bonds. The smallest absolute Gasteiger partial charge is 0.543 e. The number of aromatic carboxylic acids is 1. The Morgan fingerprint density at radius 3 is 1.42 bits per heavy atom. The third-order valence-electron chi connectivity index (χ3n) is 15.1. The number of pyridine rings is 6. The summed E-state index contributed by atoms with van der Waals surface area (Å²) in [5.74, 6) is -0.217. The van der Waals surface area contributed by atoms with Gasteiger partial charge >= 0.3 is 24.8 Å². The molecule has 0 saturated carbocycles. The molecule has 2 fully saturated rings. The van der Waals surface area contributed by atoms with E-state index in [4.69, 9.17) is 34.1 Å². The quantitative estimate of drug-likeness (QED) is 0.157. The van der Waals surface area contributed by atoms with E-state index >= 15 is 0 Å². The minimum atomic E-state index is -1.32. The van der Waals surface area contributed by atoms with Gasteiger partial charge in [-0.25, -0.2) is 39.7 Å². The van der Waals surface area contributed by atoms with Crippen molar-refractivity contribution in [1.82, 2.24) is 49.0 Å². The van der Waals surface area contributed by atoms with Gasteiger partial charge in [-0.1, -0.05) is 0 Å². The van der Waals surface area contributed by atoms with Crippen LogP contribution in [-0.4, -0.2) is 108 Å². The number of carboxylic acid groups (broad SMARTS) is 1. The first-order chi connectivity index (χ1) is 37.3. The summed E-state index contributed by atoms with van der Waals surface area (Å²) in [5, 5.41) is 12.9. The molecular formula is C57H57LiN12O8. The first kappa shape index (κ1) is 53.6. The van der Waals surface area contributed by atoms with Crippen LogP contribution >= 0.6 is 0 Å². The second-order valence-corrected chi connectivity index (χ2v) is 20.0. The molecule has 394 valence electrons. The minimum absolute atomic E-state index is 0. The van der Waals surface area contributed by atoms with Gasteiger partial charge in [0.25, 0.3) is 11.1 Å². The van der Waals surface area contributed by atoms with E-state index in [2.05, 4.69) is 41.9 Å². The fourth-order valence-corrected chi connectivity index (χ4v) is 10.9. The van der Waals surface area contributed by atoms with Gasteiger partial charge in [-0.05, 0) is 114 Å². The van der Waals surface area contributed by atoms with Crippen molar-refractivity contribution < 1.29 is 47.8 Å². The molecule has 0 bridgehead atoms. The Balaban J connectivity index is 0.000000174. The molecule has 0 aromatic carbocycles. The molecule has 12 heterocycles. The van der Waals surface area contributed by atoms with Crippen molar-refractivity contribution in [2.45, 2.75) is 77.0 Å². The molecule has 2 saturated heterocycles. The zero-order valence-corrected chi connectivity index (χ0v) is 44.6. The van der Waals surface area contributed by atoms with Crippen molar-refractivity contribution in [2.75, 3.05) is 56.4 Å². The van der Waals surface area contributed by atoms with Gasteiger partial charge in [0.2, 0.25) is 0 Å². The van der Waals surface area contributed by atoms with Crippen molar-refractivity contribution in [3.05, 3.63) is 139 Å². The van der Waals surface area contributed by atoms with Crippen LogP contribution in [0.15, 0.2) is 82.9 Å². The van der Waals surface area contributed by atoms with E-state index in [0.29, 0.717) is 66.1 Å².